The normalized spacial score (nSPS) is 13.8. The molecule has 0 fully saturated rings. The summed E-state index contributed by atoms with van der Waals surface area (Å²) in [5, 5.41) is 5.02. The van der Waals surface area contributed by atoms with Gasteiger partial charge in [-0.3, -0.25) is 28.9 Å². The quantitative estimate of drug-likeness (QED) is 0.482. The lowest BCUT2D eigenvalue weighted by molar-refractivity contribution is -0.149. The summed E-state index contributed by atoms with van der Waals surface area (Å²) in [6, 6.07) is 5.46. The van der Waals surface area contributed by atoms with Crippen LogP contribution in [0.5, 0.6) is 0 Å². The van der Waals surface area contributed by atoms with Crippen LogP contribution < -0.4 is 10.6 Å². The highest BCUT2D eigenvalue weighted by Gasteiger charge is 2.36. The molecule has 0 saturated carbocycles. The van der Waals surface area contributed by atoms with Crippen molar-refractivity contribution in [3.63, 3.8) is 0 Å². The predicted molar refractivity (Wildman–Crippen MR) is 93.7 cm³/mol. The summed E-state index contributed by atoms with van der Waals surface area (Å²) in [5.41, 5.74) is 0.444. The summed E-state index contributed by atoms with van der Waals surface area (Å²) in [7, 11) is 0. The van der Waals surface area contributed by atoms with Gasteiger partial charge in [0, 0.05) is 6.54 Å². The van der Waals surface area contributed by atoms with E-state index in [1.165, 1.54) is 19.1 Å². The molecule has 2 rings (SSSR count). The van der Waals surface area contributed by atoms with Crippen LogP contribution in [0.2, 0.25) is 0 Å². The molecule has 27 heavy (non-hydrogen) atoms. The number of esters is 1. The van der Waals surface area contributed by atoms with Crippen molar-refractivity contribution in [1.82, 2.24) is 15.5 Å². The Morgan fingerprint density at radius 2 is 1.70 bits per heavy atom. The van der Waals surface area contributed by atoms with Crippen LogP contribution in [0.3, 0.4) is 0 Å². The molecule has 1 aromatic carbocycles. The van der Waals surface area contributed by atoms with Crippen LogP contribution in [0.15, 0.2) is 24.3 Å². The number of amides is 4. The highest BCUT2D eigenvalue weighted by Crippen LogP contribution is 2.21. The third kappa shape index (κ3) is 4.90. The molecule has 4 amide bonds. The number of nitrogens with one attached hydrogen (secondary N) is 2. The third-order valence-electron chi connectivity index (χ3n) is 3.85. The first-order valence-electron chi connectivity index (χ1n) is 8.53. The Hall–Kier alpha value is -3.23. The molecule has 2 N–H and O–H groups in total. The fraction of sp³-hybridized carbons (Fsp3) is 0.389. The largest absolute Gasteiger partial charge is 0.454 e. The monoisotopic (exact) mass is 375 g/mol. The van der Waals surface area contributed by atoms with Crippen LogP contribution in [-0.4, -0.2) is 60.2 Å². The van der Waals surface area contributed by atoms with Gasteiger partial charge in [-0.1, -0.05) is 19.1 Å². The molecule has 0 radical (unpaired) electrons. The lowest BCUT2D eigenvalue weighted by Crippen LogP contribution is -2.46. The molecule has 0 saturated heterocycles. The fourth-order valence-electron chi connectivity index (χ4n) is 2.45. The highest BCUT2D eigenvalue weighted by atomic mass is 16.5. The second kappa shape index (κ2) is 8.93. The molecule has 0 aliphatic carbocycles. The van der Waals surface area contributed by atoms with E-state index in [0.717, 1.165) is 11.3 Å². The topological polar surface area (TPSA) is 122 Å². The van der Waals surface area contributed by atoms with Crippen molar-refractivity contribution in [2.75, 3.05) is 19.7 Å². The Kier molecular flexibility index (Phi) is 6.64. The van der Waals surface area contributed by atoms with Gasteiger partial charge in [0.1, 0.15) is 12.6 Å². The Morgan fingerprint density at radius 1 is 1.11 bits per heavy atom. The van der Waals surface area contributed by atoms with Crippen molar-refractivity contribution in [1.29, 1.82) is 0 Å². The van der Waals surface area contributed by atoms with Crippen LogP contribution in [0.4, 0.5) is 0 Å². The maximum atomic E-state index is 12.2. The van der Waals surface area contributed by atoms with Gasteiger partial charge in [0.25, 0.3) is 17.7 Å². The minimum atomic E-state index is -0.900. The molecular formula is C18H21N3O6. The third-order valence-corrected chi connectivity index (χ3v) is 3.85. The molecule has 0 spiro atoms. The Bertz CT molecular complexity index is 741. The number of ether oxygens (including phenoxy) is 1. The molecule has 1 atom stereocenters. The molecule has 1 aliphatic heterocycles. The average Bonchev–Trinajstić information content (AvgIpc) is 2.89. The van der Waals surface area contributed by atoms with Crippen molar-refractivity contribution in [2.45, 2.75) is 26.3 Å². The Morgan fingerprint density at radius 3 is 2.26 bits per heavy atom. The first-order valence-corrected chi connectivity index (χ1v) is 8.53. The second-order valence-corrected chi connectivity index (χ2v) is 5.98. The number of carbonyl (C=O) groups excluding carboxylic acids is 5. The van der Waals surface area contributed by atoms with E-state index < -0.39 is 42.9 Å². The van der Waals surface area contributed by atoms with Crippen LogP contribution in [-0.2, 0) is 19.1 Å². The zero-order chi connectivity index (χ0) is 20.0. The standard InChI is InChI=1S/C18H21N3O6/c1-3-8-19-16(24)11(2)20-14(22)10-27-15(23)9-21-17(25)12-6-4-5-7-13(12)18(21)26/h4-7,11H,3,8-10H2,1-2H3,(H,19,24)(H,20,22)/t11-/m0/s1. The molecule has 1 aliphatic rings. The van der Waals surface area contributed by atoms with E-state index >= 15 is 0 Å². The molecule has 144 valence electrons. The van der Waals surface area contributed by atoms with Crippen LogP contribution in [0.1, 0.15) is 41.0 Å². The van der Waals surface area contributed by atoms with Gasteiger partial charge in [0.05, 0.1) is 11.1 Å². The van der Waals surface area contributed by atoms with Gasteiger partial charge in [0.2, 0.25) is 5.91 Å². The minimum Gasteiger partial charge on any atom is -0.454 e. The lowest BCUT2D eigenvalue weighted by atomic mass is 10.1. The smallest absolute Gasteiger partial charge is 0.326 e. The zero-order valence-corrected chi connectivity index (χ0v) is 15.1. The van der Waals surface area contributed by atoms with Crippen molar-refractivity contribution >= 4 is 29.6 Å². The number of imide groups is 1. The first kappa shape index (κ1) is 20.1. The van der Waals surface area contributed by atoms with Gasteiger partial charge in [-0.2, -0.15) is 0 Å². The van der Waals surface area contributed by atoms with Crippen molar-refractivity contribution in [2.24, 2.45) is 0 Å². The molecule has 9 heteroatoms. The summed E-state index contributed by atoms with van der Waals surface area (Å²) < 4.78 is 4.79. The molecule has 0 aromatic heterocycles. The van der Waals surface area contributed by atoms with Crippen molar-refractivity contribution < 1.29 is 28.7 Å². The van der Waals surface area contributed by atoms with Crippen LogP contribution in [0, 0.1) is 0 Å². The number of rotatable bonds is 8. The summed E-state index contributed by atoms with van der Waals surface area (Å²) in [5.74, 6) is -3.08. The van der Waals surface area contributed by atoms with Crippen LogP contribution in [0.25, 0.3) is 0 Å². The number of carbonyl (C=O) groups is 5. The summed E-state index contributed by atoms with van der Waals surface area (Å²) in [6.45, 7) is 2.69. The van der Waals surface area contributed by atoms with E-state index in [4.69, 9.17) is 4.74 Å². The Balaban J connectivity index is 1.80. The van der Waals surface area contributed by atoms with E-state index in [2.05, 4.69) is 10.6 Å². The molecule has 0 unspecified atom stereocenters. The number of nitrogens with zero attached hydrogens (tertiary/aromatic N) is 1. The maximum absolute atomic E-state index is 12.2. The number of hydrogen-bond donors (Lipinski definition) is 2. The molecule has 1 aromatic rings. The average molecular weight is 375 g/mol. The number of benzene rings is 1. The van der Waals surface area contributed by atoms with E-state index in [9.17, 15) is 24.0 Å². The van der Waals surface area contributed by atoms with Gasteiger partial charge in [-0.15, -0.1) is 0 Å². The molecule has 9 nitrogen and oxygen atoms in total. The highest BCUT2D eigenvalue weighted by molar-refractivity contribution is 6.22. The lowest BCUT2D eigenvalue weighted by Gasteiger charge is -2.15. The molecular weight excluding hydrogens is 354 g/mol. The van der Waals surface area contributed by atoms with Gasteiger partial charge in [-0.25, -0.2) is 0 Å². The molecule has 1 heterocycles. The SMILES string of the molecule is CCCNC(=O)[C@H](C)NC(=O)COC(=O)CN1C(=O)c2ccccc2C1=O. The maximum Gasteiger partial charge on any atom is 0.326 e. The fourth-order valence-corrected chi connectivity index (χ4v) is 2.45. The summed E-state index contributed by atoms with van der Waals surface area (Å²) in [4.78, 5) is 60.4. The van der Waals surface area contributed by atoms with E-state index in [1.54, 1.807) is 12.1 Å². The predicted octanol–water partition coefficient (Wildman–Crippen LogP) is -0.143. The Labute approximate surface area is 156 Å². The summed E-state index contributed by atoms with van der Waals surface area (Å²) in [6.07, 6.45) is 0.766. The van der Waals surface area contributed by atoms with Gasteiger partial charge in [0.15, 0.2) is 6.61 Å². The van der Waals surface area contributed by atoms with Crippen molar-refractivity contribution in [3.8, 4) is 0 Å². The zero-order valence-electron chi connectivity index (χ0n) is 15.1. The first-order chi connectivity index (χ1) is 12.8. The van der Waals surface area contributed by atoms with E-state index in [0.29, 0.717) is 6.54 Å². The summed E-state index contributed by atoms with van der Waals surface area (Å²) >= 11 is 0. The number of fused-ring (bicyclic) bond motifs is 1. The molecule has 0 bridgehead atoms. The van der Waals surface area contributed by atoms with Crippen molar-refractivity contribution in [3.05, 3.63) is 35.4 Å². The van der Waals surface area contributed by atoms with Crippen LogP contribution >= 0.6 is 0 Å². The van der Waals surface area contributed by atoms with E-state index in [-0.39, 0.29) is 17.0 Å². The minimum absolute atomic E-state index is 0.222. The van der Waals surface area contributed by atoms with E-state index in [1.807, 2.05) is 6.92 Å². The van der Waals surface area contributed by atoms with Gasteiger partial charge >= 0.3 is 5.97 Å². The second-order valence-electron chi connectivity index (χ2n) is 5.98. The number of hydrogen-bond acceptors (Lipinski definition) is 6. The van der Waals surface area contributed by atoms with Gasteiger partial charge < -0.3 is 15.4 Å². The van der Waals surface area contributed by atoms with Gasteiger partial charge in [-0.05, 0) is 25.5 Å².